The fourth-order valence-corrected chi connectivity index (χ4v) is 2.16. The van der Waals surface area contributed by atoms with Crippen LogP contribution in [0.15, 0.2) is 34.7 Å². The van der Waals surface area contributed by atoms with Crippen LogP contribution in [0.25, 0.3) is 0 Å². The number of halogens is 1. The number of aromatic nitrogens is 3. The highest BCUT2D eigenvalue weighted by Crippen LogP contribution is 2.26. The zero-order valence-corrected chi connectivity index (χ0v) is 10.9. The summed E-state index contributed by atoms with van der Waals surface area (Å²) < 4.78 is 0. The van der Waals surface area contributed by atoms with Crippen LogP contribution in [0.4, 0.5) is 0 Å². The van der Waals surface area contributed by atoms with Crippen LogP contribution < -0.4 is 0 Å². The molecular formula is C11H8ClN3O2S. The van der Waals surface area contributed by atoms with Gasteiger partial charge in [0.25, 0.3) is 0 Å². The lowest BCUT2D eigenvalue weighted by molar-refractivity contribution is 0.0696. The zero-order chi connectivity index (χ0) is 13.1. The molecule has 0 saturated carbocycles. The van der Waals surface area contributed by atoms with E-state index in [-0.39, 0.29) is 10.6 Å². The Labute approximate surface area is 112 Å². The van der Waals surface area contributed by atoms with Crippen molar-refractivity contribution in [1.82, 2.24) is 15.0 Å². The summed E-state index contributed by atoms with van der Waals surface area (Å²) in [6.07, 6.45) is 2.95. The normalized spacial score (nSPS) is 10.3. The van der Waals surface area contributed by atoms with Crippen LogP contribution in [-0.2, 0) is 0 Å². The fraction of sp³-hybridized carbons (Fsp3) is 0.0909. The number of hydrogen-bond acceptors (Lipinski definition) is 5. The van der Waals surface area contributed by atoms with Crippen LogP contribution in [0.5, 0.6) is 0 Å². The molecule has 0 bridgehead atoms. The SMILES string of the molecule is Cc1ccnc(Sc2cc(C(=O)O)c(Cl)cn2)n1. The molecule has 18 heavy (non-hydrogen) atoms. The summed E-state index contributed by atoms with van der Waals surface area (Å²) in [5.74, 6) is -1.09. The molecule has 0 aliphatic rings. The number of carbonyl (C=O) groups is 1. The summed E-state index contributed by atoms with van der Waals surface area (Å²) in [5.41, 5.74) is 0.849. The second kappa shape index (κ2) is 5.32. The van der Waals surface area contributed by atoms with Crippen LogP contribution in [0.2, 0.25) is 5.02 Å². The molecule has 0 spiro atoms. The van der Waals surface area contributed by atoms with Crippen molar-refractivity contribution in [3.05, 3.63) is 40.8 Å². The number of aromatic carboxylic acids is 1. The quantitative estimate of drug-likeness (QED) is 0.872. The topological polar surface area (TPSA) is 76.0 Å². The lowest BCUT2D eigenvalue weighted by atomic mass is 10.3. The van der Waals surface area contributed by atoms with Gasteiger partial charge in [0.1, 0.15) is 5.03 Å². The average Bonchev–Trinajstić information content (AvgIpc) is 2.31. The molecule has 2 heterocycles. The molecule has 2 aromatic rings. The third-order valence-corrected chi connectivity index (χ3v) is 3.14. The van der Waals surface area contributed by atoms with E-state index in [2.05, 4.69) is 15.0 Å². The molecule has 1 N–H and O–H groups in total. The van der Waals surface area contributed by atoms with E-state index in [1.54, 1.807) is 12.3 Å². The standard InChI is InChI=1S/C11H8ClN3O2S/c1-6-2-3-13-11(15-6)18-9-4-7(10(16)17)8(12)5-14-9/h2-5H,1H3,(H,16,17). The highest BCUT2D eigenvalue weighted by molar-refractivity contribution is 7.99. The third-order valence-electron chi connectivity index (χ3n) is 2.03. The monoisotopic (exact) mass is 281 g/mol. The van der Waals surface area contributed by atoms with E-state index >= 15 is 0 Å². The molecule has 0 saturated heterocycles. The first-order chi connectivity index (χ1) is 8.56. The van der Waals surface area contributed by atoms with Gasteiger partial charge in [0.05, 0.1) is 10.6 Å². The Morgan fingerprint density at radius 3 is 2.89 bits per heavy atom. The Kier molecular flexibility index (Phi) is 3.78. The molecule has 5 nitrogen and oxygen atoms in total. The molecule has 0 aromatic carbocycles. The van der Waals surface area contributed by atoms with Crippen LogP contribution in [0, 0.1) is 6.92 Å². The third kappa shape index (κ3) is 2.96. The Hall–Kier alpha value is -1.66. The minimum absolute atomic E-state index is 0.0156. The smallest absolute Gasteiger partial charge is 0.337 e. The summed E-state index contributed by atoms with van der Waals surface area (Å²) in [5, 5.41) is 10.1. The van der Waals surface area contributed by atoms with E-state index in [4.69, 9.17) is 16.7 Å². The number of rotatable bonds is 3. The average molecular weight is 282 g/mol. The minimum Gasteiger partial charge on any atom is -0.478 e. The van der Waals surface area contributed by atoms with Crippen molar-refractivity contribution >= 4 is 29.3 Å². The van der Waals surface area contributed by atoms with Gasteiger partial charge in [-0.1, -0.05) is 11.6 Å². The van der Waals surface area contributed by atoms with Crippen LogP contribution in [0.1, 0.15) is 16.1 Å². The number of pyridine rings is 1. The maximum absolute atomic E-state index is 10.9. The minimum atomic E-state index is -1.09. The van der Waals surface area contributed by atoms with E-state index in [0.717, 1.165) is 5.69 Å². The number of carboxylic acid groups (broad SMARTS) is 1. The number of carboxylic acids is 1. The Morgan fingerprint density at radius 1 is 1.44 bits per heavy atom. The van der Waals surface area contributed by atoms with Gasteiger partial charge in [-0.05, 0) is 30.8 Å². The van der Waals surface area contributed by atoms with Crippen molar-refractivity contribution < 1.29 is 9.90 Å². The van der Waals surface area contributed by atoms with Crippen molar-refractivity contribution in [3.63, 3.8) is 0 Å². The highest BCUT2D eigenvalue weighted by Gasteiger charge is 2.11. The molecule has 2 aromatic heterocycles. The second-order valence-electron chi connectivity index (χ2n) is 3.39. The van der Waals surface area contributed by atoms with E-state index in [1.165, 1.54) is 24.0 Å². The Bertz CT molecular complexity index is 607. The summed E-state index contributed by atoms with van der Waals surface area (Å²) in [6, 6.07) is 3.18. The van der Waals surface area contributed by atoms with E-state index < -0.39 is 5.97 Å². The van der Waals surface area contributed by atoms with Gasteiger partial charge in [0, 0.05) is 18.1 Å². The van der Waals surface area contributed by atoms with Gasteiger partial charge in [0.15, 0.2) is 5.16 Å². The zero-order valence-electron chi connectivity index (χ0n) is 9.29. The first kappa shape index (κ1) is 12.8. The van der Waals surface area contributed by atoms with Gasteiger partial charge in [-0.2, -0.15) is 0 Å². The molecular weight excluding hydrogens is 274 g/mol. The summed E-state index contributed by atoms with van der Waals surface area (Å²) >= 11 is 6.92. The van der Waals surface area contributed by atoms with E-state index in [9.17, 15) is 4.79 Å². The lowest BCUT2D eigenvalue weighted by Crippen LogP contribution is -1.99. The lowest BCUT2D eigenvalue weighted by Gasteiger charge is -2.02. The Balaban J connectivity index is 2.30. The summed E-state index contributed by atoms with van der Waals surface area (Å²) in [7, 11) is 0. The van der Waals surface area contributed by atoms with Gasteiger partial charge in [0.2, 0.25) is 0 Å². The van der Waals surface area contributed by atoms with E-state index in [0.29, 0.717) is 10.2 Å². The molecule has 0 radical (unpaired) electrons. The van der Waals surface area contributed by atoms with Gasteiger partial charge < -0.3 is 5.11 Å². The van der Waals surface area contributed by atoms with Crippen LogP contribution in [0.3, 0.4) is 0 Å². The summed E-state index contributed by atoms with van der Waals surface area (Å²) in [4.78, 5) is 23.2. The first-order valence-corrected chi connectivity index (χ1v) is 6.12. The maximum Gasteiger partial charge on any atom is 0.337 e. The molecule has 0 aliphatic carbocycles. The van der Waals surface area contributed by atoms with Gasteiger partial charge >= 0.3 is 5.97 Å². The van der Waals surface area contributed by atoms with Crippen molar-refractivity contribution in [3.8, 4) is 0 Å². The maximum atomic E-state index is 10.9. The summed E-state index contributed by atoms with van der Waals surface area (Å²) in [6.45, 7) is 1.85. The van der Waals surface area contributed by atoms with Gasteiger partial charge in [-0.25, -0.2) is 19.7 Å². The van der Waals surface area contributed by atoms with Gasteiger partial charge in [-0.3, -0.25) is 0 Å². The molecule has 0 fully saturated rings. The highest BCUT2D eigenvalue weighted by atomic mass is 35.5. The van der Waals surface area contributed by atoms with Gasteiger partial charge in [-0.15, -0.1) is 0 Å². The molecule has 2 rings (SSSR count). The number of hydrogen-bond donors (Lipinski definition) is 1. The molecule has 92 valence electrons. The largest absolute Gasteiger partial charge is 0.478 e. The van der Waals surface area contributed by atoms with Crippen molar-refractivity contribution in [2.45, 2.75) is 17.1 Å². The number of aryl methyl sites for hydroxylation is 1. The van der Waals surface area contributed by atoms with Crippen molar-refractivity contribution in [2.75, 3.05) is 0 Å². The molecule has 7 heteroatoms. The second-order valence-corrected chi connectivity index (χ2v) is 4.78. The number of nitrogens with zero attached hydrogens (tertiary/aromatic N) is 3. The van der Waals surface area contributed by atoms with Crippen LogP contribution in [-0.4, -0.2) is 26.0 Å². The molecule has 0 amide bonds. The predicted molar refractivity (Wildman–Crippen MR) is 67.1 cm³/mol. The molecule has 0 aliphatic heterocycles. The molecule has 0 unspecified atom stereocenters. The Morgan fingerprint density at radius 2 is 2.22 bits per heavy atom. The van der Waals surface area contributed by atoms with Crippen molar-refractivity contribution in [1.29, 1.82) is 0 Å². The molecule has 0 atom stereocenters. The fourth-order valence-electron chi connectivity index (χ4n) is 1.21. The van der Waals surface area contributed by atoms with Crippen LogP contribution >= 0.6 is 23.4 Å². The first-order valence-electron chi connectivity index (χ1n) is 4.92. The predicted octanol–water partition coefficient (Wildman–Crippen LogP) is 2.68. The van der Waals surface area contributed by atoms with Crippen molar-refractivity contribution in [2.24, 2.45) is 0 Å². The van der Waals surface area contributed by atoms with E-state index in [1.807, 2.05) is 6.92 Å².